The molecule has 114 valence electrons. The van der Waals surface area contributed by atoms with Gasteiger partial charge in [0.15, 0.2) is 0 Å². The van der Waals surface area contributed by atoms with Gasteiger partial charge in [0.05, 0.1) is 28.2 Å². The van der Waals surface area contributed by atoms with Crippen molar-refractivity contribution < 1.29 is 4.79 Å². The molecular weight excluding hydrogens is 311 g/mol. The molecule has 5 nitrogen and oxygen atoms in total. The number of para-hydroxylation sites is 1. The van der Waals surface area contributed by atoms with Gasteiger partial charge in [-0.2, -0.15) is 5.10 Å². The number of hydrogen-bond donors (Lipinski definition) is 2. The van der Waals surface area contributed by atoms with Crippen LogP contribution in [0.15, 0.2) is 30.5 Å². The lowest BCUT2D eigenvalue weighted by Crippen LogP contribution is -2.26. The van der Waals surface area contributed by atoms with E-state index < -0.39 is 0 Å². The number of nitrogens with zero attached hydrogens (tertiary/aromatic N) is 2. The summed E-state index contributed by atoms with van der Waals surface area (Å²) in [6, 6.07) is 7.38. The minimum atomic E-state index is -0.144. The minimum absolute atomic E-state index is 0. The second-order valence-corrected chi connectivity index (χ2v) is 4.81. The standard InChI is InChI=1S/C14H17ClN4O.ClH/c1-10-11(14(20)17-8-4-7-16)9-18-19(10)13-6-3-2-5-12(13)15;/h2-3,5-6,9H,4,7-8,16H2,1H3,(H,17,20);1H. The molecule has 1 aromatic heterocycles. The van der Waals surface area contributed by atoms with Gasteiger partial charge in [-0.15, -0.1) is 12.4 Å². The van der Waals surface area contributed by atoms with Crippen molar-refractivity contribution in [3.05, 3.63) is 46.7 Å². The molecule has 0 radical (unpaired) electrons. The van der Waals surface area contributed by atoms with Gasteiger partial charge in [-0.25, -0.2) is 4.68 Å². The number of amides is 1. The van der Waals surface area contributed by atoms with Crippen molar-refractivity contribution in [3.63, 3.8) is 0 Å². The van der Waals surface area contributed by atoms with Crippen molar-refractivity contribution in [1.29, 1.82) is 0 Å². The van der Waals surface area contributed by atoms with E-state index in [0.717, 1.165) is 17.8 Å². The molecule has 21 heavy (non-hydrogen) atoms. The van der Waals surface area contributed by atoms with Crippen molar-refractivity contribution in [3.8, 4) is 5.69 Å². The fourth-order valence-corrected chi connectivity index (χ4v) is 2.11. The SMILES string of the molecule is Cc1c(C(=O)NCCCN)cnn1-c1ccccc1Cl.Cl. The molecular formula is C14H18Cl2N4O. The van der Waals surface area contributed by atoms with Gasteiger partial charge in [0.1, 0.15) is 0 Å². The number of nitrogens with one attached hydrogen (secondary N) is 1. The molecule has 0 saturated carbocycles. The molecule has 0 aliphatic heterocycles. The molecule has 0 unspecified atom stereocenters. The first-order chi connectivity index (χ1) is 9.65. The summed E-state index contributed by atoms with van der Waals surface area (Å²) in [5.41, 5.74) is 7.45. The number of benzene rings is 1. The molecule has 0 fully saturated rings. The van der Waals surface area contributed by atoms with Crippen molar-refractivity contribution in [2.75, 3.05) is 13.1 Å². The van der Waals surface area contributed by atoms with E-state index in [-0.39, 0.29) is 18.3 Å². The highest BCUT2D eigenvalue weighted by atomic mass is 35.5. The third kappa shape index (κ3) is 3.97. The van der Waals surface area contributed by atoms with Crippen molar-refractivity contribution in [1.82, 2.24) is 15.1 Å². The van der Waals surface area contributed by atoms with Crippen LogP contribution in [0.5, 0.6) is 0 Å². The first kappa shape index (κ1) is 17.5. The Labute approximate surface area is 134 Å². The summed E-state index contributed by atoms with van der Waals surface area (Å²) in [6.07, 6.45) is 2.31. The van der Waals surface area contributed by atoms with Gasteiger partial charge < -0.3 is 11.1 Å². The quantitative estimate of drug-likeness (QED) is 0.827. The van der Waals surface area contributed by atoms with Crippen LogP contribution in [0, 0.1) is 6.92 Å². The Morgan fingerprint density at radius 3 is 2.81 bits per heavy atom. The molecule has 0 aliphatic carbocycles. The molecule has 2 aromatic rings. The van der Waals surface area contributed by atoms with Gasteiger partial charge in [-0.3, -0.25) is 4.79 Å². The number of aromatic nitrogens is 2. The molecule has 0 atom stereocenters. The van der Waals surface area contributed by atoms with E-state index >= 15 is 0 Å². The maximum atomic E-state index is 12.0. The Hall–Kier alpha value is -1.56. The summed E-state index contributed by atoms with van der Waals surface area (Å²) in [4.78, 5) is 12.0. The fraction of sp³-hybridized carbons (Fsp3) is 0.286. The summed E-state index contributed by atoms with van der Waals surface area (Å²) in [5, 5.41) is 7.65. The largest absolute Gasteiger partial charge is 0.352 e. The number of rotatable bonds is 5. The first-order valence-electron chi connectivity index (χ1n) is 6.43. The molecule has 3 N–H and O–H groups in total. The van der Waals surface area contributed by atoms with Crippen LogP contribution >= 0.6 is 24.0 Å². The zero-order chi connectivity index (χ0) is 14.5. The highest BCUT2D eigenvalue weighted by molar-refractivity contribution is 6.32. The molecule has 1 amide bonds. The Kier molecular flexibility index (Phi) is 6.68. The average Bonchev–Trinajstić information content (AvgIpc) is 2.81. The predicted molar refractivity (Wildman–Crippen MR) is 86.6 cm³/mol. The van der Waals surface area contributed by atoms with Gasteiger partial charge >= 0.3 is 0 Å². The van der Waals surface area contributed by atoms with Crippen LogP contribution in [-0.4, -0.2) is 28.8 Å². The van der Waals surface area contributed by atoms with E-state index in [0.29, 0.717) is 23.7 Å². The van der Waals surface area contributed by atoms with Gasteiger partial charge in [-0.1, -0.05) is 23.7 Å². The van der Waals surface area contributed by atoms with Crippen molar-refractivity contribution >= 4 is 29.9 Å². The molecule has 1 heterocycles. The monoisotopic (exact) mass is 328 g/mol. The van der Waals surface area contributed by atoms with E-state index in [2.05, 4.69) is 10.4 Å². The lowest BCUT2D eigenvalue weighted by atomic mass is 10.2. The second kappa shape index (κ2) is 8.02. The van der Waals surface area contributed by atoms with Gasteiger partial charge in [0.25, 0.3) is 5.91 Å². The predicted octanol–water partition coefficient (Wildman–Crippen LogP) is 2.33. The molecule has 2 rings (SSSR count). The highest BCUT2D eigenvalue weighted by Crippen LogP contribution is 2.21. The van der Waals surface area contributed by atoms with E-state index in [9.17, 15) is 4.79 Å². The normalized spacial score (nSPS) is 10.0. The van der Waals surface area contributed by atoms with Gasteiger partial charge in [0.2, 0.25) is 0 Å². The molecule has 7 heteroatoms. The van der Waals surface area contributed by atoms with Crippen LogP contribution in [0.1, 0.15) is 22.5 Å². The fourth-order valence-electron chi connectivity index (χ4n) is 1.90. The first-order valence-corrected chi connectivity index (χ1v) is 6.80. The van der Waals surface area contributed by atoms with Crippen LogP contribution in [0.25, 0.3) is 5.69 Å². The van der Waals surface area contributed by atoms with Crippen LogP contribution < -0.4 is 11.1 Å². The number of carbonyl (C=O) groups is 1. The Balaban J connectivity index is 0.00000220. The molecule has 0 bridgehead atoms. The molecule has 0 spiro atoms. The summed E-state index contributed by atoms with van der Waals surface area (Å²) >= 11 is 6.15. The van der Waals surface area contributed by atoms with E-state index in [4.69, 9.17) is 17.3 Å². The minimum Gasteiger partial charge on any atom is -0.352 e. The van der Waals surface area contributed by atoms with Crippen LogP contribution in [-0.2, 0) is 0 Å². The maximum absolute atomic E-state index is 12.0. The number of hydrogen-bond acceptors (Lipinski definition) is 3. The van der Waals surface area contributed by atoms with Gasteiger partial charge in [-0.05, 0) is 32.0 Å². The second-order valence-electron chi connectivity index (χ2n) is 4.40. The van der Waals surface area contributed by atoms with E-state index in [1.54, 1.807) is 16.9 Å². The Bertz CT molecular complexity index is 613. The number of carbonyl (C=O) groups excluding carboxylic acids is 1. The zero-order valence-electron chi connectivity index (χ0n) is 11.7. The van der Waals surface area contributed by atoms with Crippen molar-refractivity contribution in [2.45, 2.75) is 13.3 Å². The van der Waals surface area contributed by atoms with Crippen LogP contribution in [0.3, 0.4) is 0 Å². The van der Waals surface area contributed by atoms with E-state index in [1.165, 1.54) is 0 Å². The molecule has 1 aromatic carbocycles. The number of nitrogens with two attached hydrogens (primary N) is 1. The molecule has 0 aliphatic rings. The average molecular weight is 329 g/mol. The zero-order valence-corrected chi connectivity index (χ0v) is 13.2. The van der Waals surface area contributed by atoms with Gasteiger partial charge in [0, 0.05) is 6.54 Å². The lowest BCUT2D eigenvalue weighted by Gasteiger charge is -2.07. The smallest absolute Gasteiger partial charge is 0.254 e. The Morgan fingerprint density at radius 2 is 2.14 bits per heavy atom. The van der Waals surface area contributed by atoms with Crippen LogP contribution in [0.2, 0.25) is 5.02 Å². The summed E-state index contributed by atoms with van der Waals surface area (Å²) < 4.78 is 1.67. The molecule has 0 saturated heterocycles. The van der Waals surface area contributed by atoms with E-state index in [1.807, 2.05) is 25.1 Å². The summed E-state index contributed by atoms with van der Waals surface area (Å²) in [6.45, 7) is 2.96. The third-order valence-corrected chi connectivity index (χ3v) is 3.32. The summed E-state index contributed by atoms with van der Waals surface area (Å²) in [7, 11) is 0. The summed E-state index contributed by atoms with van der Waals surface area (Å²) in [5.74, 6) is -0.144. The van der Waals surface area contributed by atoms with Crippen molar-refractivity contribution in [2.24, 2.45) is 5.73 Å². The topological polar surface area (TPSA) is 72.9 Å². The third-order valence-electron chi connectivity index (χ3n) is 3.00. The lowest BCUT2D eigenvalue weighted by molar-refractivity contribution is 0.0953. The number of halogens is 2. The Morgan fingerprint density at radius 1 is 1.43 bits per heavy atom. The highest BCUT2D eigenvalue weighted by Gasteiger charge is 2.15. The van der Waals surface area contributed by atoms with Crippen LogP contribution in [0.4, 0.5) is 0 Å². The maximum Gasteiger partial charge on any atom is 0.254 e.